The molecule has 0 radical (unpaired) electrons. The van der Waals surface area contributed by atoms with E-state index in [9.17, 15) is 4.79 Å². The zero-order valence-corrected chi connectivity index (χ0v) is 9.71. The van der Waals surface area contributed by atoms with Crippen molar-refractivity contribution >= 4 is 17.3 Å². The Kier molecular flexibility index (Phi) is 2.70. The van der Waals surface area contributed by atoms with Crippen LogP contribution in [0.1, 0.15) is 21.6 Å². The molecule has 0 saturated carbocycles. The number of rotatable bonds is 2. The molecule has 2 heterocycles. The highest BCUT2D eigenvalue weighted by Gasteiger charge is 2.12. The van der Waals surface area contributed by atoms with Gasteiger partial charge in [0, 0.05) is 11.6 Å². The van der Waals surface area contributed by atoms with Crippen molar-refractivity contribution in [3.8, 4) is 10.7 Å². The van der Waals surface area contributed by atoms with Crippen LogP contribution in [0.3, 0.4) is 0 Å². The first-order valence-corrected chi connectivity index (χ1v) is 5.58. The zero-order chi connectivity index (χ0) is 11.7. The van der Waals surface area contributed by atoms with E-state index >= 15 is 0 Å². The van der Waals surface area contributed by atoms with Gasteiger partial charge in [0.2, 0.25) is 0 Å². The summed E-state index contributed by atoms with van der Waals surface area (Å²) in [5, 5.41) is 11.0. The molecule has 1 N–H and O–H groups in total. The number of carboxylic acid groups (broad SMARTS) is 1. The van der Waals surface area contributed by atoms with Crippen LogP contribution < -0.4 is 0 Å². The Balaban J connectivity index is 2.46. The first-order valence-electron chi connectivity index (χ1n) is 4.70. The van der Waals surface area contributed by atoms with Gasteiger partial charge in [0.1, 0.15) is 10.7 Å². The van der Waals surface area contributed by atoms with Crippen LogP contribution in [0.25, 0.3) is 10.7 Å². The molecule has 0 saturated heterocycles. The maximum Gasteiger partial charge on any atom is 0.355 e. The Bertz CT molecular complexity index is 549. The maximum absolute atomic E-state index is 10.7. The number of hydrogen-bond acceptors (Lipinski definition) is 4. The van der Waals surface area contributed by atoms with Gasteiger partial charge < -0.3 is 5.11 Å². The number of pyridine rings is 1. The summed E-state index contributed by atoms with van der Waals surface area (Å²) in [4.78, 5) is 19.0. The second-order valence-corrected chi connectivity index (χ2v) is 4.38. The number of aromatic carboxylic acids is 1. The van der Waals surface area contributed by atoms with Gasteiger partial charge >= 0.3 is 5.97 Å². The standard InChI is InChI=1S/C11H10N2O2S/c1-6-3-7(2)9(12-4-6)10-13-8(5-16-10)11(14)15/h3-5H,1-2H3,(H,14,15). The van der Waals surface area contributed by atoms with E-state index in [-0.39, 0.29) is 5.69 Å². The normalized spacial score (nSPS) is 10.4. The van der Waals surface area contributed by atoms with Crippen LogP contribution in [0.15, 0.2) is 17.6 Å². The molecule has 0 unspecified atom stereocenters. The number of thiazole rings is 1. The molecule has 0 aromatic carbocycles. The van der Waals surface area contributed by atoms with E-state index < -0.39 is 5.97 Å². The van der Waals surface area contributed by atoms with Gasteiger partial charge in [-0.1, -0.05) is 6.07 Å². The van der Waals surface area contributed by atoms with E-state index in [4.69, 9.17) is 5.11 Å². The van der Waals surface area contributed by atoms with E-state index in [2.05, 4.69) is 9.97 Å². The second-order valence-electron chi connectivity index (χ2n) is 3.52. The van der Waals surface area contributed by atoms with E-state index in [1.807, 2.05) is 19.9 Å². The van der Waals surface area contributed by atoms with Crippen LogP contribution in [-0.4, -0.2) is 21.0 Å². The van der Waals surface area contributed by atoms with Crippen LogP contribution in [0.5, 0.6) is 0 Å². The molecule has 2 aromatic rings. The van der Waals surface area contributed by atoms with Crippen molar-refractivity contribution in [2.45, 2.75) is 13.8 Å². The summed E-state index contributed by atoms with van der Waals surface area (Å²) in [7, 11) is 0. The molecule has 0 amide bonds. The Morgan fingerprint density at radius 3 is 2.75 bits per heavy atom. The lowest BCUT2D eigenvalue weighted by atomic mass is 10.2. The fraction of sp³-hybridized carbons (Fsp3) is 0.182. The summed E-state index contributed by atoms with van der Waals surface area (Å²) >= 11 is 1.30. The minimum absolute atomic E-state index is 0.0711. The Hall–Kier alpha value is -1.75. The maximum atomic E-state index is 10.7. The topological polar surface area (TPSA) is 63.1 Å². The largest absolute Gasteiger partial charge is 0.476 e. The van der Waals surface area contributed by atoms with Gasteiger partial charge in [-0.2, -0.15) is 0 Å². The van der Waals surface area contributed by atoms with Crippen molar-refractivity contribution in [3.05, 3.63) is 34.5 Å². The van der Waals surface area contributed by atoms with Crippen molar-refractivity contribution in [3.63, 3.8) is 0 Å². The van der Waals surface area contributed by atoms with Crippen LogP contribution in [0.4, 0.5) is 0 Å². The highest BCUT2D eigenvalue weighted by atomic mass is 32.1. The summed E-state index contributed by atoms with van der Waals surface area (Å²) in [6.45, 7) is 3.91. The van der Waals surface area contributed by atoms with E-state index in [0.717, 1.165) is 16.8 Å². The summed E-state index contributed by atoms with van der Waals surface area (Å²) < 4.78 is 0. The van der Waals surface area contributed by atoms with Crippen molar-refractivity contribution in [1.29, 1.82) is 0 Å². The second kappa shape index (κ2) is 4.02. The highest BCUT2D eigenvalue weighted by molar-refractivity contribution is 7.13. The first kappa shape index (κ1) is 10.8. The average molecular weight is 234 g/mol. The number of hydrogen-bond donors (Lipinski definition) is 1. The quantitative estimate of drug-likeness (QED) is 0.867. The monoisotopic (exact) mass is 234 g/mol. The average Bonchev–Trinajstić information content (AvgIpc) is 2.66. The minimum atomic E-state index is -1.01. The molecule has 16 heavy (non-hydrogen) atoms. The molecule has 0 spiro atoms. The van der Waals surface area contributed by atoms with E-state index in [1.165, 1.54) is 16.7 Å². The number of aryl methyl sites for hydroxylation is 2. The van der Waals surface area contributed by atoms with E-state index in [1.54, 1.807) is 6.20 Å². The molecule has 0 atom stereocenters. The molecule has 0 aliphatic carbocycles. The van der Waals surface area contributed by atoms with Crippen LogP contribution in [0, 0.1) is 13.8 Å². The predicted octanol–water partition coefficient (Wildman–Crippen LogP) is 2.52. The van der Waals surface area contributed by atoms with Gasteiger partial charge in [-0.05, 0) is 25.0 Å². The van der Waals surface area contributed by atoms with Crippen molar-refractivity contribution in [1.82, 2.24) is 9.97 Å². The summed E-state index contributed by atoms with van der Waals surface area (Å²) in [6, 6.07) is 2.00. The SMILES string of the molecule is Cc1cnc(-c2nc(C(=O)O)cs2)c(C)c1. The molecule has 2 rings (SSSR count). The van der Waals surface area contributed by atoms with Crippen molar-refractivity contribution < 1.29 is 9.90 Å². The van der Waals surface area contributed by atoms with Crippen LogP contribution in [-0.2, 0) is 0 Å². The summed E-state index contributed by atoms with van der Waals surface area (Å²) in [6.07, 6.45) is 1.75. The molecule has 0 aliphatic heterocycles. The smallest absolute Gasteiger partial charge is 0.355 e. The molecule has 0 fully saturated rings. The van der Waals surface area contributed by atoms with Crippen molar-refractivity contribution in [2.75, 3.05) is 0 Å². The summed E-state index contributed by atoms with van der Waals surface area (Å²) in [5.74, 6) is -1.01. The molecule has 4 nitrogen and oxygen atoms in total. The summed E-state index contributed by atoms with van der Waals surface area (Å²) in [5.41, 5.74) is 2.91. The molecule has 5 heteroatoms. The number of carbonyl (C=O) groups is 1. The van der Waals surface area contributed by atoms with Gasteiger partial charge in [0.25, 0.3) is 0 Å². The Labute approximate surface area is 96.6 Å². The van der Waals surface area contributed by atoms with Gasteiger partial charge in [-0.3, -0.25) is 4.98 Å². The van der Waals surface area contributed by atoms with Gasteiger partial charge in [0.05, 0.1) is 0 Å². The van der Waals surface area contributed by atoms with Crippen LogP contribution >= 0.6 is 11.3 Å². The van der Waals surface area contributed by atoms with Gasteiger partial charge in [0.15, 0.2) is 5.69 Å². The lowest BCUT2D eigenvalue weighted by Gasteiger charge is -2.01. The lowest BCUT2D eigenvalue weighted by molar-refractivity contribution is 0.0691. The Morgan fingerprint density at radius 1 is 1.44 bits per heavy atom. The number of nitrogens with zero attached hydrogens (tertiary/aromatic N) is 2. The Morgan fingerprint density at radius 2 is 2.19 bits per heavy atom. The van der Waals surface area contributed by atoms with Crippen molar-refractivity contribution in [2.24, 2.45) is 0 Å². The molecule has 2 aromatic heterocycles. The highest BCUT2D eigenvalue weighted by Crippen LogP contribution is 2.25. The molecule has 0 bridgehead atoms. The predicted molar refractivity (Wildman–Crippen MR) is 61.8 cm³/mol. The molecular weight excluding hydrogens is 224 g/mol. The molecule has 82 valence electrons. The first-order chi connectivity index (χ1) is 7.58. The van der Waals surface area contributed by atoms with Crippen LogP contribution in [0.2, 0.25) is 0 Å². The van der Waals surface area contributed by atoms with Gasteiger partial charge in [-0.15, -0.1) is 11.3 Å². The fourth-order valence-corrected chi connectivity index (χ4v) is 2.27. The number of carboxylic acids is 1. The third-order valence-corrected chi connectivity index (χ3v) is 2.99. The fourth-order valence-electron chi connectivity index (χ4n) is 1.42. The zero-order valence-electron chi connectivity index (χ0n) is 8.89. The third kappa shape index (κ3) is 1.94. The minimum Gasteiger partial charge on any atom is -0.476 e. The number of aromatic nitrogens is 2. The molecular formula is C11H10N2O2S. The van der Waals surface area contributed by atoms with E-state index in [0.29, 0.717) is 5.01 Å². The lowest BCUT2D eigenvalue weighted by Crippen LogP contribution is -1.96. The van der Waals surface area contributed by atoms with Gasteiger partial charge in [-0.25, -0.2) is 9.78 Å². The third-order valence-electron chi connectivity index (χ3n) is 2.14. The molecule has 0 aliphatic rings.